The second-order valence-corrected chi connectivity index (χ2v) is 8.63. The van der Waals surface area contributed by atoms with Gasteiger partial charge in [-0.15, -0.1) is 0 Å². The third-order valence-electron chi connectivity index (χ3n) is 4.00. The number of likely N-dealkylation sites (N-methyl/N-ethyl adjacent to an activating group) is 1. The minimum Gasteiger partial charge on any atom is -0.337 e. The van der Waals surface area contributed by atoms with Crippen molar-refractivity contribution >= 4 is 69.2 Å². The number of carbonyl (C=O) groups excluding carboxylic acids is 1. The Kier molecular flexibility index (Phi) is 4.69. The van der Waals surface area contributed by atoms with E-state index in [0.717, 1.165) is 15.6 Å². The molecule has 0 atom stereocenters. The van der Waals surface area contributed by atoms with Gasteiger partial charge < -0.3 is 4.90 Å². The molecule has 0 aliphatic carbocycles. The number of hydrogen-bond acceptors (Lipinski definition) is 5. The first-order valence-corrected chi connectivity index (χ1v) is 10.1. The van der Waals surface area contributed by atoms with Gasteiger partial charge in [-0.1, -0.05) is 41.0 Å². The maximum atomic E-state index is 12.8. The summed E-state index contributed by atoms with van der Waals surface area (Å²) in [5.41, 5.74) is 1.72. The number of thioether (sulfide) groups is 2. The minimum absolute atomic E-state index is 0.0657. The molecule has 2 aliphatic heterocycles. The second kappa shape index (κ2) is 6.85. The van der Waals surface area contributed by atoms with Crippen LogP contribution in [0.2, 0.25) is 10.0 Å². The average molecular weight is 422 g/mol. The van der Waals surface area contributed by atoms with Crippen LogP contribution in [-0.4, -0.2) is 30.1 Å². The third-order valence-corrected chi connectivity index (χ3v) is 6.96. The van der Waals surface area contributed by atoms with E-state index in [1.165, 1.54) is 11.8 Å². The number of carbonyl (C=O) groups is 1. The number of rotatable bonds is 1. The van der Waals surface area contributed by atoms with E-state index >= 15 is 0 Å². The van der Waals surface area contributed by atoms with Gasteiger partial charge in [0.1, 0.15) is 4.91 Å². The molecular weight excluding hydrogens is 409 g/mol. The zero-order valence-electron chi connectivity index (χ0n) is 13.9. The number of amides is 1. The number of nitrogens with zero attached hydrogens (tertiary/aromatic N) is 3. The standard InChI is InChI=1S/C18H13Cl2N3OS2/c1-22-13-9-11(20)6-7-14(13)25-17(22)15-16(24)23(2)18(26-15)21-12-5-3-4-10(19)8-12/h3-9H,1-2H3. The molecule has 0 unspecified atom stereocenters. The van der Waals surface area contributed by atoms with E-state index in [2.05, 4.69) is 4.99 Å². The minimum atomic E-state index is -0.0657. The molecule has 132 valence electrons. The van der Waals surface area contributed by atoms with E-state index in [-0.39, 0.29) is 5.91 Å². The van der Waals surface area contributed by atoms with E-state index in [1.54, 1.807) is 35.8 Å². The molecule has 2 heterocycles. The summed E-state index contributed by atoms with van der Waals surface area (Å²) in [6, 6.07) is 13.0. The van der Waals surface area contributed by atoms with Crippen molar-refractivity contribution in [1.82, 2.24) is 4.90 Å². The van der Waals surface area contributed by atoms with E-state index in [9.17, 15) is 4.79 Å². The summed E-state index contributed by atoms with van der Waals surface area (Å²) in [7, 11) is 3.67. The molecule has 2 aromatic carbocycles. The first kappa shape index (κ1) is 17.8. The summed E-state index contributed by atoms with van der Waals surface area (Å²) >= 11 is 15.1. The quantitative estimate of drug-likeness (QED) is 0.561. The van der Waals surface area contributed by atoms with E-state index in [0.29, 0.717) is 25.8 Å². The van der Waals surface area contributed by atoms with Crippen LogP contribution in [0.3, 0.4) is 0 Å². The number of anilines is 1. The lowest BCUT2D eigenvalue weighted by Gasteiger charge is -2.14. The van der Waals surface area contributed by atoms with Crippen molar-refractivity contribution in [3.05, 3.63) is 62.4 Å². The molecule has 2 aliphatic rings. The summed E-state index contributed by atoms with van der Waals surface area (Å²) in [6.45, 7) is 0. The summed E-state index contributed by atoms with van der Waals surface area (Å²) in [5, 5.41) is 2.80. The molecule has 1 amide bonds. The monoisotopic (exact) mass is 421 g/mol. The van der Waals surface area contributed by atoms with Gasteiger partial charge in [0.05, 0.1) is 16.4 Å². The maximum absolute atomic E-state index is 12.8. The molecule has 8 heteroatoms. The molecule has 1 fully saturated rings. The molecule has 1 saturated heterocycles. The maximum Gasteiger partial charge on any atom is 0.269 e. The van der Waals surface area contributed by atoms with Crippen molar-refractivity contribution in [2.45, 2.75) is 4.90 Å². The van der Waals surface area contributed by atoms with Crippen LogP contribution in [0.25, 0.3) is 0 Å². The topological polar surface area (TPSA) is 35.9 Å². The molecule has 0 radical (unpaired) electrons. The van der Waals surface area contributed by atoms with E-state index in [1.807, 2.05) is 42.3 Å². The number of aliphatic imine (C=N–C) groups is 1. The summed E-state index contributed by atoms with van der Waals surface area (Å²) in [5.74, 6) is -0.0657. The van der Waals surface area contributed by atoms with E-state index < -0.39 is 0 Å². The van der Waals surface area contributed by atoms with Crippen molar-refractivity contribution < 1.29 is 4.79 Å². The SMILES string of the molecule is CN1C(=O)C(=C2Sc3ccc(Cl)cc3N2C)SC1=Nc1cccc(Cl)c1. The Balaban J connectivity index is 1.71. The van der Waals surface area contributed by atoms with Crippen molar-refractivity contribution in [2.75, 3.05) is 19.0 Å². The smallest absolute Gasteiger partial charge is 0.269 e. The Labute approximate surface area is 169 Å². The van der Waals surface area contributed by atoms with Crippen LogP contribution in [0.5, 0.6) is 0 Å². The molecule has 4 rings (SSSR count). The molecule has 26 heavy (non-hydrogen) atoms. The first-order chi connectivity index (χ1) is 12.4. The summed E-state index contributed by atoms with van der Waals surface area (Å²) in [6.07, 6.45) is 0. The molecule has 0 N–H and O–H groups in total. The van der Waals surface area contributed by atoms with Crippen molar-refractivity contribution in [2.24, 2.45) is 4.99 Å². The van der Waals surface area contributed by atoms with Gasteiger partial charge in [0.15, 0.2) is 5.17 Å². The summed E-state index contributed by atoms with van der Waals surface area (Å²) < 4.78 is 0. The van der Waals surface area contributed by atoms with Gasteiger partial charge in [0.25, 0.3) is 5.91 Å². The number of hydrogen-bond donors (Lipinski definition) is 0. The molecule has 0 saturated carbocycles. The normalized spacial score (nSPS) is 21.1. The molecule has 4 nitrogen and oxygen atoms in total. The fourth-order valence-electron chi connectivity index (χ4n) is 2.65. The largest absolute Gasteiger partial charge is 0.337 e. The van der Waals surface area contributed by atoms with Gasteiger partial charge in [-0.05, 0) is 48.2 Å². The van der Waals surface area contributed by atoms with E-state index in [4.69, 9.17) is 23.2 Å². The zero-order chi connectivity index (χ0) is 18.4. The van der Waals surface area contributed by atoms with Crippen LogP contribution in [-0.2, 0) is 4.79 Å². The molecular formula is C18H13Cl2N3OS2. The fraction of sp³-hybridized carbons (Fsp3) is 0.111. The Morgan fingerprint density at radius 3 is 2.50 bits per heavy atom. The van der Waals surface area contributed by atoms with Gasteiger partial charge >= 0.3 is 0 Å². The van der Waals surface area contributed by atoms with Crippen molar-refractivity contribution in [3.8, 4) is 0 Å². The zero-order valence-corrected chi connectivity index (χ0v) is 17.0. The molecule has 2 aromatic rings. The van der Waals surface area contributed by atoms with Crippen molar-refractivity contribution in [3.63, 3.8) is 0 Å². The Hall–Kier alpha value is -1.60. The van der Waals surface area contributed by atoms with Crippen LogP contribution in [0.4, 0.5) is 11.4 Å². The Bertz CT molecular complexity index is 990. The van der Waals surface area contributed by atoms with Crippen molar-refractivity contribution in [1.29, 1.82) is 0 Å². The van der Waals surface area contributed by atoms with Gasteiger partial charge in [-0.3, -0.25) is 9.69 Å². The highest BCUT2D eigenvalue weighted by molar-refractivity contribution is 8.19. The molecule has 0 bridgehead atoms. The van der Waals surface area contributed by atoms with Crippen LogP contribution in [0, 0.1) is 0 Å². The van der Waals surface area contributed by atoms with Crippen LogP contribution in [0.15, 0.2) is 62.3 Å². The highest BCUT2D eigenvalue weighted by Gasteiger charge is 2.37. The highest BCUT2D eigenvalue weighted by Crippen LogP contribution is 2.50. The van der Waals surface area contributed by atoms with Crippen LogP contribution in [0.1, 0.15) is 0 Å². The third kappa shape index (κ3) is 3.11. The predicted octanol–water partition coefficient (Wildman–Crippen LogP) is 5.60. The lowest BCUT2D eigenvalue weighted by atomic mass is 10.3. The van der Waals surface area contributed by atoms with Gasteiger partial charge in [0, 0.05) is 29.0 Å². The number of halogens is 2. The number of fused-ring (bicyclic) bond motifs is 1. The fourth-order valence-corrected chi connectivity index (χ4v) is 5.31. The average Bonchev–Trinajstić information content (AvgIpc) is 3.07. The first-order valence-electron chi connectivity index (χ1n) is 7.69. The number of amidine groups is 1. The highest BCUT2D eigenvalue weighted by atomic mass is 35.5. The predicted molar refractivity (Wildman–Crippen MR) is 112 cm³/mol. The van der Waals surface area contributed by atoms with Gasteiger partial charge in [-0.25, -0.2) is 4.99 Å². The molecule has 0 spiro atoms. The lowest BCUT2D eigenvalue weighted by Crippen LogP contribution is -2.24. The summed E-state index contributed by atoms with van der Waals surface area (Å²) in [4.78, 5) is 22.7. The van der Waals surface area contributed by atoms with Crippen LogP contribution >= 0.6 is 46.7 Å². The molecule has 0 aromatic heterocycles. The van der Waals surface area contributed by atoms with Gasteiger partial charge in [0.2, 0.25) is 0 Å². The lowest BCUT2D eigenvalue weighted by molar-refractivity contribution is -0.121. The Morgan fingerprint density at radius 2 is 1.73 bits per heavy atom. The Morgan fingerprint density at radius 1 is 0.962 bits per heavy atom. The van der Waals surface area contributed by atoms with Crippen LogP contribution < -0.4 is 4.90 Å². The van der Waals surface area contributed by atoms with Gasteiger partial charge in [-0.2, -0.15) is 0 Å². The second-order valence-electron chi connectivity index (χ2n) is 5.75. The number of benzene rings is 2.